The van der Waals surface area contributed by atoms with E-state index in [1.165, 1.54) is 60.1 Å². The van der Waals surface area contributed by atoms with Gasteiger partial charge in [-0.2, -0.15) is 0 Å². The quantitative estimate of drug-likeness (QED) is 0.370. The van der Waals surface area contributed by atoms with Crippen molar-refractivity contribution >= 4 is 45.0 Å². The Labute approximate surface area is 193 Å². The van der Waals surface area contributed by atoms with Crippen LogP contribution in [0.2, 0.25) is 0 Å². The third-order valence-electron chi connectivity index (χ3n) is 4.39. The number of hydrogen-bond acceptors (Lipinski definition) is 6. The maximum Gasteiger partial charge on any atom is 0.264 e. The second-order valence-electron chi connectivity index (χ2n) is 6.71. The molecule has 4 rings (SSSR count). The lowest BCUT2D eigenvalue weighted by molar-refractivity contribution is -0.111. The zero-order valence-electron chi connectivity index (χ0n) is 17.0. The molecule has 7 nitrogen and oxygen atoms in total. The third-order valence-corrected chi connectivity index (χ3v) is 6.82. The molecule has 0 aliphatic heterocycles. The van der Waals surface area contributed by atoms with Crippen LogP contribution in [0.1, 0.15) is 4.88 Å². The van der Waals surface area contributed by atoms with Crippen molar-refractivity contribution in [2.45, 2.75) is 4.90 Å². The molecule has 0 saturated carbocycles. The Morgan fingerprint density at radius 2 is 1.67 bits per heavy atom. The van der Waals surface area contributed by atoms with Crippen molar-refractivity contribution < 1.29 is 17.6 Å². The molecule has 0 spiro atoms. The summed E-state index contributed by atoms with van der Waals surface area (Å²) >= 11 is 1.36. The van der Waals surface area contributed by atoms with Gasteiger partial charge in [0.25, 0.3) is 10.0 Å². The molecular formula is C23H17FN4O3S2. The van der Waals surface area contributed by atoms with Gasteiger partial charge >= 0.3 is 0 Å². The van der Waals surface area contributed by atoms with Crippen molar-refractivity contribution in [3.05, 3.63) is 95.9 Å². The van der Waals surface area contributed by atoms with Gasteiger partial charge in [0, 0.05) is 39.5 Å². The molecule has 0 fully saturated rings. The molecule has 0 aliphatic rings. The summed E-state index contributed by atoms with van der Waals surface area (Å²) in [6.07, 6.45) is 5.84. The van der Waals surface area contributed by atoms with Crippen molar-refractivity contribution in [1.29, 1.82) is 0 Å². The molecular weight excluding hydrogens is 463 g/mol. The highest BCUT2D eigenvalue weighted by Gasteiger charge is 2.15. The predicted molar refractivity (Wildman–Crippen MR) is 127 cm³/mol. The summed E-state index contributed by atoms with van der Waals surface area (Å²) in [6.45, 7) is 0. The Morgan fingerprint density at radius 1 is 0.939 bits per heavy atom. The largest absolute Gasteiger partial charge is 0.323 e. The number of nitrogens with one attached hydrogen (secondary N) is 2. The number of benzene rings is 2. The van der Waals surface area contributed by atoms with E-state index in [-0.39, 0.29) is 22.6 Å². The SMILES string of the molecule is O=C(/C=C/c1ccc(-c2ccccc2F)s1)Nc1ccc(S(=O)(=O)Nc2ncccn2)cc1. The third kappa shape index (κ3) is 5.68. The van der Waals surface area contributed by atoms with Crippen molar-refractivity contribution in [3.8, 4) is 10.4 Å². The van der Waals surface area contributed by atoms with Gasteiger partial charge in [-0.25, -0.2) is 27.5 Å². The first-order valence-corrected chi connectivity index (χ1v) is 11.9. The Hall–Kier alpha value is -3.89. The fourth-order valence-electron chi connectivity index (χ4n) is 2.84. The number of hydrogen-bond donors (Lipinski definition) is 2. The second kappa shape index (κ2) is 9.72. The summed E-state index contributed by atoms with van der Waals surface area (Å²) in [4.78, 5) is 21.5. The lowest BCUT2D eigenvalue weighted by Crippen LogP contribution is -2.15. The molecule has 166 valence electrons. The molecule has 1 amide bonds. The van der Waals surface area contributed by atoms with E-state index in [0.29, 0.717) is 11.3 Å². The number of aromatic nitrogens is 2. The van der Waals surface area contributed by atoms with Gasteiger partial charge in [0.2, 0.25) is 11.9 Å². The zero-order chi connectivity index (χ0) is 23.3. The summed E-state index contributed by atoms with van der Waals surface area (Å²) in [5, 5.41) is 2.67. The Kier molecular flexibility index (Phi) is 6.57. The molecule has 0 aliphatic carbocycles. The van der Waals surface area contributed by atoms with Gasteiger partial charge in [0.1, 0.15) is 5.82 Å². The van der Waals surface area contributed by atoms with Gasteiger partial charge in [-0.3, -0.25) is 4.79 Å². The van der Waals surface area contributed by atoms with Gasteiger partial charge in [0.15, 0.2) is 0 Å². The number of sulfonamides is 1. The first kappa shape index (κ1) is 22.3. The highest BCUT2D eigenvalue weighted by Crippen LogP contribution is 2.30. The van der Waals surface area contributed by atoms with Crippen LogP contribution in [0.3, 0.4) is 0 Å². The molecule has 0 bridgehead atoms. The van der Waals surface area contributed by atoms with E-state index in [4.69, 9.17) is 0 Å². The molecule has 2 aromatic carbocycles. The maximum absolute atomic E-state index is 13.9. The Morgan fingerprint density at radius 3 is 2.39 bits per heavy atom. The molecule has 2 heterocycles. The van der Waals surface area contributed by atoms with Crippen LogP contribution in [0.5, 0.6) is 0 Å². The number of carbonyl (C=O) groups is 1. The van der Waals surface area contributed by atoms with E-state index in [0.717, 1.165) is 9.75 Å². The number of thiophene rings is 1. The van der Waals surface area contributed by atoms with Gasteiger partial charge in [-0.15, -0.1) is 11.3 Å². The van der Waals surface area contributed by atoms with Crippen molar-refractivity contribution in [1.82, 2.24) is 9.97 Å². The van der Waals surface area contributed by atoms with E-state index >= 15 is 0 Å². The molecule has 0 unspecified atom stereocenters. The highest BCUT2D eigenvalue weighted by molar-refractivity contribution is 7.92. The van der Waals surface area contributed by atoms with Crippen molar-refractivity contribution in [3.63, 3.8) is 0 Å². The standard InChI is InChI=1S/C23H17FN4O3S2/c24-20-5-2-1-4-19(20)21-12-8-17(32-21)9-13-22(29)27-16-6-10-18(11-7-16)33(30,31)28-23-25-14-3-15-26-23/h1-15H,(H,27,29)(H,25,26,28)/b13-9+. The second-order valence-corrected chi connectivity index (χ2v) is 9.50. The lowest BCUT2D eigenvalue weighted by atomic mass is 10.2. The van der Waals surface area contributed by atoms with Crippen LogP contribution in [0.25, 0.3) is 16.5 Å². The van der Waals surface area contributed by atoms with Crippen LogP contribution < -0.4 is 10.0 Å². The minimum absolute atomic E-state index is 0.00255. The van der Waals surface area contributed by atoms with E-state index in [9.17, 15) is 17.6 Å². The minimum atomic E-state index is -3.86. The van der Waals surface area contributed by atoms with Crippen LogP contribution in [-0.2, 0) is 14.8 Å². The van der Waals surface area contributed by atoms with E-state index in [2.05, 4.69) is 20.0 Å². The first-order chi connectivity index (χ1) is 15.9. The lowest BCUT2D eigenvalue weighted by Gasteiger charge is -2.07. The fraction of sp³-hybridized carbons (Fsp3) is 0. The number of halogens is 1. The molecule has 0 radical (unpaired) electrons. The summed E-state index contributed by atoms with van der Waals surface area (Å²) < 4.78 is 41.0. The number of rotatable bonds is 7. The van der Waals surface area contributed by atoms with Crippen LogP contribution in [0.15, 0.2) is 90.1 Å². The molecule has 4 aromatic rings. The topological polar surface area (TPSA) is 101 Å². The molecule has 0 atom stereocenters. The number of nitrogens with zero attached hydrogens (tertiary/aromatic N) is 2. The van der Waals surface area contributed by atoms with Gasteiger partial charge in [0.05, 0.1) is 4.90 Å². The van der Waals surface area contributed by atoms with E-state index in [1.54, 1.807) is 42.5 Å². The fourth-order valence-corrected chi connectivity index (χ4v) is 4.73. The van der Waals surface area contributed by atoms with Crippen molar-refractivity contribution in [2.24, 2.45) is 0 Å². The Balaban J connectivity index is 1.38. The summed E-state index contributed by atoms with van der Waals surface area (Å²) in [6, 6.07) is 17.4. The highest BCUT2D eigenvalue weighted by atomic mass is 32.2. The number of anilines is 2. The smallest absolute Gasteiger partial charge is 0.264 e. The van der Waals surface area contributed by atoms with E-state index in [1.807, 2.05) is 0 Å². The monoisotopic (exact) mass is 480 g/mol. The molecule has 2 N–H and O–H groups in total. The molecule has 10 heteroatoms. The molecule has 2 aromatic heterocycles. The number of amides is 1. The normalized spacial score (nSPS) is 11.4. The van der Waals surface area contributed by atoms with Crippen LogP contribution >= 0.6 is 11.3 Å². The minimum Gasteiger partial charge on any atom is -0.323 e. The van der Waals surface area contributed by atoms with E-state index < -0.39 is 10.0 Å². The average molecular weight is 481 g/mol. The summed E-state index contributed by atoms with van der Waals surface area (Å²) in [7, 11) is -3.86. The van der Waals surface area contributed by atoms with Gasteiger partial charge in [-0.1, -0.05) is 18.2 Å². The molecule has 0 saturated heterocycles. The van der Waals surface area contributed by atoms with Crippen LogP contribution in [0.4, 0.5) is 16.0 Å². The number of carbonyl (C=O) groups excluding carboxylic acids is 1. The Bertz CT molecular complexity index is 1400. The first-order valence-electron chi connectivity index (χ1n) is 9.64. The van der Waals surface area contributed by atoms with Crippen LogP contribution in [-0.4, -0.2) is 24.3 Å². The zero-order valence-corrected chi connectivity index (χ0v) is 18.6. The average Bonchev–Trinajstić information content (AvgIpc) is 3.28. The van der Waals surface area contributed by atoms with Crippen molar-refractivity contribution in [2.75, 3.05) is 10.0 Å². The van der Waals surface area contributed by atoms with Crippen LogP contribution in [0, 0.1) is 5.82 Å². The summed E-state index contributed by atoms with van der Waals surface area (Å²) in [5.74, 6) is -0.724. The predicted octanol–water partition coefficient (Wildman–Crippen LogP) is 4.80. The summed E-state index contributed by atoms with van der Waals surface area (Å²) in [5.41, 5.74) is 0.938. The molecule has 33 heavy (non-hydrogen) atoms. The maximum atomic E-state index is 13.9. The van der Waals surface area contributed by atoms with Gasteiger partial charge in [-0.05, 0) is 54.6 Å². The van der Waals surface area contributed by atoms with Gasteiger partial charge < -0.3 is 5.32 Å².